The number of nitrogens with zero attached hydrogens (tertiary/aromatic N) is 2. The van der Waals surface area contributed by atoms with Gasteiger partial charge in [-0.25, -0.2) is 0 Å². The van der Waals surface area contributed by atoms with E-state index in [9.17, 15) is 0 Å². The summed E-state index contributed by atoms with van der Waals surface area (Å²) in [4.78, 5) is 5.22. The second-order valence-corrected chi connectivity index (χ2v) is 5.79. The van der Waals surface area contributed by atoms with Gasteiger partial charge in [-0.05, 0) is 41.9 Å². The molecule has 0 aliphatic heterocycles. The third-order valence-corrected chi connectivity index (χ3v) is 3.25. The lowest BCUT2D eigenvalue weighted by atomic mass is 10.4. The Kier molecular flexibility index (Phi) is 3.06. The van der Waals surface area contributed by atoms with Crippen molar-refractivity contribution in [3.8, 4) is 10.7 Å². The second-order valence-electron chi connectivity index (χ2n) is 3.33. The van der Waals surface area contributed by atoms with Crippen LogP contribution in [0.15, 0.2) is 20.4 Å². The lowest BCUT2D eigenvalue weighted by Crippen LogP contribution is -2.09. The van der Waals surface area contributed by atoms with Crippen LogP contribution in [0.25, 0.3) is 10.7 Å². The van der Waals surface area contributed by atoms with Gasteiger partial charge in [-0.2, -0.15) is 4.98 Å². The molecule has 2 rings (SSSR count). The van der Waals surface area contributed by atoms with E-state index in [4.69, 9.17) is 4.52 Å². The number of hydrogen-bond donors (Lipinski definition) is 1. The largest absolute Gasteiger partial charge is 0.336 e. The van der Waals surface area contributed by atoms with Crippen LogP contribution in [0, 0.1) is 0 Å². The van der Waals surface area contributed by atoms with Crippen LogP contribution in [0.1, 0.15) is 13.8 Å². The molecule has 0 aromatic carbocycles. The molecule has 4 nitrogen and oxygen atoms in total. The molecule has 1 N–H and O–H groups in total. The molecule has 0 bridgehead atoms. The Balaban J connectivity index is 2.20. The summed E-state index contributed by atoms with van der Waals surface area (Å²) in [7, 11) is 0. The van der Waals surface area contributed by atoms with Gasteiger partial charge in [0.1, 0.15) is 0 Å². The van der Waals surface area contributed by atoms with Gasteiger partial charge in [0.15, 0.2) is 0 Å². The summed E-state index contributed by atoms with van der Waals surface area (Å²) in [5.74, 6) is 0.619. The third-order valence-electron chi connectivity index (χ3n) is 1.63. The Morgan fingerprint density at radius 2 is 2.27 bits per heavy atom. The Labute approximate surface area is 99.8 Å². The van der Waals surface area contributed by atoms with Crippen LogP contribution in [-0.2, 0) is 0 Å². The summed E-state index contributed by atoms with van der Waals surface area (Å²) in [5.41, 5.74) is 0. The quantitative estimate of drug-likeness (QED) is 0.940. The third kappa shape index (κ3) is 2.57. The van der Waals surface area contributed by atoms with E-state index in [1.807, 2.05) is 26.0 Å². The molecule has 0 amide bonds. The van der Waals surface area contributed by atoms with E-state index in [0.29, 0.717) is 11.8 Å². The van der Waals surface area contributed by atoms with Crippen LogP contribution in [0.2, 0.25) is 0 Å². The minimum atomic E-state index is 0.286. The van der Waals surface area contributed by atoms with E-state index in [2.05, 4.69) is 31.4 Å². The summed E-state index contributed by atoms with van der Waals surface area (Å²) < 4.78 is 6.11. The predicted octanol–water partition coefficient (Wildman–Crippen LogP) is 3.38. The molecule has 0 unspecified atom stereocenters. The van der Waals surface area contributed by atoms with Crippen molar-refractivity contribution in [1.82, 2.24) is 10.1 Å². The fourth-order valence-electron chi connectivity index (χ4n) is 1.06. The molecule has 2 heterocycles. The first-order valence-electron chi connectivity index (χ1n) is 4.51. The molecule has 0 radical (unpaired) electrons. The maximum Gasteiger partial charge on any atom is 0.322 e. The van der Waals surface area contributed by atoms with Crippen molar-refractivity contribution in [2.45, 2.75) is 19.9 Å². The molecule has 2 aromatic rings. The Morgan fingerprint density at radius 3 is 2.87 bits per heavy atom. The van der Waals surface area contributed by atoms with Crippen LogP contribution in [0.5, 0.6) is 0 Å². The normalized spacial score (nSPS) is 10.9. The first-order chi connectivity index (χ1) is 7.15. The highest BCUT2D eigenvalue weighted by Gasteiger charge is 2.10. The zero-order valence-electron chi connectivity index (χ0n) is 8.32. The van der Waals surface area contributed by atoms with Crippen molar-refractivity contribution >= 4 is 33.3 Å². The minimum Gasteiger partial charge on any atom is -0.336 e. The average molecular weight is 288 g/mol. The van der Waals surface area contributed by atoms with Crippen LogP contribution in [-0.4, -0.2) is 16.2 Å². The molecule has 80 valence electrons. The molecule has 15 heavy (non-hydrogen) atoms. The van der Waals surface area contributed by atoms with Crippen molar-refractivity contribution in [1.29, 1.82) is 0 Å². The van der Waals surface area contributed by atoms with E-state index in [1.54, 1.807) is 11.3 Å². The number of aromatic nitrogens is 2. The highest BCUT2D eigenvalue weighted by Crippen LogP contribution is 2.29. The zero-order valence-corrected chi connectivity index (χ0v) is 10.7. The molecule has 2 aromatic heterocycles. The first kappa shape index (κ1) is 10.6. The molecule has 0 atom stereocenters. The maximum atomic E-state index is 5.06. The van der Waals surface area contributed by atoms with Crippen LogP contribution in [0.3, 0.4) is 0 Å². The molecule has 0 aliphatic rings. The SMILES string of the molecule is CC(C)Nc1nc(-c2ccc(Br)s2)no1. The molecular weight excluding hydrogens is 278 g/mol. The fourth-order valence-corrected chi connectivity index (χ4v) is 2.38. The number of thiophene rings is 1. The van der Waals surface area contributed by atoms with Crippen molar-refractivity contribution in [3.63, 3.8) is 0 Å². The molecular formula is C9H10BrN3OS. The summed E-state index contributed by atoms with van der Waals surface area (Å²) in [5, 5.41) is 6.95. The van der Waals surface area contributed by atoms with E-state index in [1.165, 1.54) is 0 Å². The van der Waals surface area contributed by atoms with Crippen molar-refractivity contribution < 1.29 is 4.52 Å². The molecule has 0 fully saturated rings. The molecule has 0 spiro atoms. The standard InChI is InChI=1S/C9H10BrN3OS/c1-5(2)11-9-12-8(13-14-9)6-3-4-7(10)15-6/h3-5H,1-2H3,(H,11,12,13). The maximum absolute atomic E-state index is 5.06. The Morgan fingerprint density at radius 1 is 1.47 bits per heavy atom. The topological polar surface area (TPSA) is 51.0 Å². The van der Waals surface area contributed by atoms with E-state index in [0.717, 1.165) is 8.66 Å². The summed E-state index contributed by atoms with van der Waals surface area (Å²) in [6.45, 7) is 4.04. The highest BCUT2D eigenvalue weighted by atomic mass is 79.9. The molecule has 6 heteroatoms. The number of rotatable bonds is 3. The lowest BCUT2D eigenvalue weighted by molar-refractivity contribution is 0.429. The molecule has 0 saturated heterocycles. The van der Waals surface area contributed by atoms with Gasteiger partial charge < -0.3 is 9.84 Å². The Hall–Kier alpha value is -0.880. The average Bonchev–Trinajstić information content (AvgIpc) is 2.72. The highest BCUT2D eigenvalue weighted by molar-refractivity contribution is 9.11. The van der Waals surface area contributed by atoms with Crippen molar-refractivity contribution in [2.75, 3.05) is 5.32 Å². The first-order valence-corrected chi connectivity index (χ1v) is 6.12. The van der Waals surface area contributed by atoms with Crippen LogP contribution in [0.4, 0.5) is 6.01 Å². The Bertz CT molecular complexity index is 452. The van der Waals surface area contributed by atoms with Gasteiger partial charge in [-0.3, -0.25) is 0 Å². The smallest absolute Gasteiger partial charge is 0.322 e. The van der Waals surface area contributed by atoms with Crippen molar-refractivity contribution in [2.24, 2.45) is 0 Å². The van der Waals surface area contributed by atoms with Gasteiger partial charge in [0.05, 0.1) is 8.66 Å². The van der Waals surface area contributed by atoms with Crippen LogP contribution < -0.4 is 5.32 Å². The van der Waals surface area contributed by atoms with Gasteiger partial charge in [-0.15, -0.1) is 11.3 Å². The molecule has 0 saturated carbocycles. The fraction of sp³-hybridized carbons (Fsp3) is 0.333. The van der Waals surface area contributed by atoms with Gasteiger partial charge in [0, 0.05) is 6.04 Å². The van der Waals surface area contributed by atoms with Crippen molar-refractivity contribution in [3.05, 3.63) is 15.9 Å². The zero-order chi connectivity index (χ0) is 10.8. The van der Waals surface area contributed by atoms with Gasteiger partial charge in [0.2, 0.25) is 5.82 Å². The number of anilines is 1. The predicted molar refractivity (Wildman–Crippen MR) is 64.1 cm³/mol. The van der Waals surface area contributed by atoms with E-state index in [-0.39, 0.29) is 6.04 Å². The number of hydrogen-bond acceptors (Lipinski definition) is 5. The lowest BCUT2D eigenvalue weighted by Gasteiger charge is -2.01. The van der Waals surface area contributed by atoms with Gasteiger partial charge in [0.25, 0.3) is 0 Å². The monoisotopic (exact) mass is 287 g/mol. The van der Waals surface area contributed by atoms with E-state index >= 15 is 0 Å². The number of halogens is 1. The summed E-state index contributed by atoms with van der Waals surface area (Å²) in [6, 6.07) is 4.67. The minimum absolute atomic E-state index is 0.286. The second kappa shape index (κ2) is 4.32. The summed E-state index contributed by atoms with van der Waals surface area (Å²) in [6.07, 6.45) is 0. The molecule has 0 aliphatic carbocycles. The van der Waals surface area contributed by atoms with Crippen LogP contribution >= 0.6 is 27.3 Å². The van der Waals surface area contributed by atoms with Gasteiger partial charge >= 0.3 is 6.01 Å². The van der Waals surface area contributed by atoms with E-state index < -0.39 is 0 Å². The summed E-state index contributed by atoms with van der Waals surface area (Å²) >= 11 is 4.97. The van der Waals surface area contributed by atoms with Gasteiger partial charge in [-0.1, -0.05) is 5.16 Å². The number of nitrogens with one attached hydrogen (secondary N) is 1.